The zero-order valence-electron chi connectivity index (χ0n) is 11.7. The highest BCUT2D eigenvalue weighted by molar-refractivity contribution is 5.73. The second-order valence-corrected chi connectivity index (χ2v) is 6.32. The summed E-state index contributed by atoms with van der Waals surface area (Å²) in [5.74, 6) is 0.108. The molecular weight excluding hydrogens is 214 g/mol. The fourth-order valence-corrected chi connectivity index (χ4v) is 2.52. The number of piperidine rings is 1. The number of likely N-dealkylation sites (tertiary alicyclic amines) is 1. The zero-order chi connectivity index (χ0) is 13.1. The number of hydrogen-bond donors (Lipinski definition) is 1. The van der Waals surface area contributed by atoms with E-state index in [1.807, 2.05) is 13.8 Å². The van der Waals surface area contributed by atoms with Gasteiger partial charge in [-0.3, -0.25) is 4.79 Å². The molecule has 0 bridgehead atoms. The fourth-order valence-electron chi connectivity index (χ4n) is 2.52. The SMILES string of the molecule is CC1CCC(C)N(CCCC(C)(C)C(=O)O)C1. The van der Waals surface area contributed by atoms with Crippen LogP contribution in [0.25, 0.3) is 0 Å². The summed E-state index contributed by atoms with van der Waals surface area (Å²) in [6.07, 6.45) is 4.36. The van der Waals surface area contributed by atoms with E-state index >= 15 is 0 Å². The van der Waals surface area contributed by atoms with Crippen molar-refractivity contribution in [2.75, 3.05) is 13.1 Å². The molecule has 0 aromatic carbocycles. The van der Waals surface area contributed by atoms with Crippen LogP contribution in [0.2, 0.25) is 0 Å². The van der Waals surface area contributed by atoms with E-state index in [1.165, 1.54) is 19.4 Å². The maximum Gasteiger partial charge on any atom is 0.309 e. The molecule has 1 fully saturated rings. The smallest absolute Gasteiger partial charge is 0.309 e. The van der Waals surface area contributed by atoms with Gasteiger partial charge < -0.3 is 10.0 Å². The van der Waals surface area contributed by atoms with E-state index in [-0.39, 0.29) is 0 Å². The van der Waals surface area contributed by atoms with E-state index in [4.69, 9.17) is 5.11 Å². The van der Waals surface area contributed by atoms with Crippen LogP contribution in [0.5, 0.6) is 0 Å². The average Bonchev–Trinajstić information content (AvgIpc) is 2.22. The van der Waals surface area contributed by atoms with Crippen molar-refractivity contribution in [1.82, 2.24) is 4.90 Å². The van der Waals surface area contributed by atoms with Gasteiger partial charge in [-0.25, -0.2) is 0 Å². The van der Waals surface area contributed by atoms with Gasteiger partial charge in [0.1, 0.15) is 0 Å². The lowest BCUT2D eigenvalue weighted by Gasteiger charge is -2.37. The van der Waals surface area contributed by atoms with Crippen LogP contribution in [0, 0.1) is 11.3 Å². The molecule has 2 atom stereocenters. The average molecular weight is 241 g/mol. The molecule has 1 aliphatic heterocycles. The van der Waals surface area contributed by atoms with Crippen molar-refractivity contribution < 1.29 is 9.90 Å². The number of nitrogens with zero attached hydrogens (tertiary/aromatic N) is 1. The summed E-state index contributed by atoms with van der Waals surface area (Å²) in [6.45, 7) is 10.4. The summed E-state index contributed by atoms with van der Waals surface area (Å²) >= 11 is 0. The van der Waals surface area contributed by atoms with E-state index in [0.29, 0.717) is 6.04 Å². The van der Waals surface area contributed by atoms with Gasteiger partial charge in [-0.05, 0) is 58.9 Å². The molecule has 17 heavy (non-hydrogen) atoms. The summed E-state index contributed by atoms with van der Waals surface area (Å²) < 4.78 is 0. The first-order chi connectivity index (χ1) is 7.83. The predicted octanol–water partition coefficient (Wildman–Crippen LogP) is 3.00. The number of rotatable bonds is 5. The minimum Gasteiger partial charge on any atom is -0.481 e. The van der Waals surface area contributed by atoms with Gasteiger partial charge in [0.05, 0.1) is 5.41 Å². The summed E-state index contributed by atoms with van der Waals surface area (Å²) in [6, 6.07) is 0.666. The topological polar surface area (TPSA) is 40.5 Å². The van der Waals surface area contributed by atoms with E-state index in [1.54, 1.807) is 0 Å². The standard InChI is InChI=1S/C14H27NO2/c1-11-6-7-12(2)15(10-11)9-5-8-14(3,4)13(16)17/h11-12H,5-10H2,1-4H3,(H,16,17). The number of hydrogen-bond acceptors (Lipinski definition) is 2. The lowest BCUT2D eigenvalue weighted by molar-refractivity contribution is -0.147. The molecule has 0 spiro atoms. The lowest BCUT2D eigenvalue weighted by atomic mass is 9.87. The van der Waals surface area contributed by atoms with Crippen molar-refractivity contribution in [2.24, 2.45) is 11.3 Å². The van der Waals surface area contributed by atoms with Crippen molar-refractivity contribution in [3.05, 3.63) is 0 Å². The molecule has 1 rings (SSSR count). The molecule has 3 nitrogen and oxygen atoms in total. The van der Waals surface area contributed by atoms with Crippen LogP contribution in [0.15, 0.2) is 0 Å². The quantitative estimate of drug-likeness (QED) is 0.804. The molecule has 0 aromatic rings. The van der Waals surface area contributed by atoms with E-state index in [0.717, 1.165) is 25.3 Å². The van der Waals surface area contributed by atoms with Crippen molar-refractivity contribution in [1.29, 1.82) is 0 Å². The Labute approximate surface area is 105 Å². The first-order valence-corrected chi connectivity index (χ1v) is 6.80. The number of aliphatic carboxylic acids is 1. The Kier molecular flexibility index (Phi) is 4.99. The molecule has 0 amide bonds. The van der Waals surface area contributed by atoms with Gasteiger partial charge in [-0.15, -0.1) is 0 Å². The third-order valence-electron chi connectivity index (χ3n) is 4.07. The monoisotopic (exact) mass is 241 g/mol. The van der Waals surface area contributed by atoms with Crippen LogP contribution in [0.3, 0.4) is 0 Å². The Morgan fingerprint density at radius 1 is 1.35 bits per heavy atom. The minimum absolute atomic E-state index is 0.579. The van der Waals surface area contributed by atoms with E-state index in [9.17, 15) is 4.79 Å². The van der Waals surface area contributed by atoms with Crippen LogP contribution < -0.4 is 0 Å². The third-order valence-corrected chi connectivity index (χ3v) is 4.07. The Morgan fingerprint density at radius 2 is 2.00 bits per heavy atom. The van der Waals surface area contributed by atoms with Crippen molar-refractivity contribution in [3.63, 3.8) is 0 Å². The maximum atomic E-state index is 11.0. The van der Waals surface area contributed by atoms with Crippen molar-refractivity contribution in [2.45, 2.75) is 59.4 Å². The normalized spacial score (nSPS) is 27.1. The first-order valence-electron chi connectivity index (χ1n) is 6.80. The van der Waals surface area contributed by atoms with E-state index < -0.39 is 11.4 Å². The van der Waals surface area contributed by atoms with Crippen LogP contribution in [0.1, 0.15) is 53.4 Å². The molecule has 0 aliphatic carbocycles. The molecule has 1 aliphatic rings. The summed E-state index contributed by atoms with van der Waals surface area (Å²) in [5.41, 5.74) is -0.579. The first kappa shape index (κ1) is 14.5. The predicted molar refractivity (Wildman–Crippen MR) is 70.1 cm³/mol. The van der Waals surface area contributed by atoms with Crippen LogP contribution >= 0.6 is 0 Å². The number of carboxylic acids is 1. The van der Waals surface area contributed by atoms with Gasteiger partial charge in [-0.1, -0.05) is 6.92 Å². The molecule has 1 heterocycles. The van der Waals surface area contributed by atoms with Gasteiger partial charge in [-0.2, -0.15) is 0 Å². The molecule has 2 unspecified atom stereocenters. The second kappa shape index (κ2) is 5.85. The summed E-state index contributed by atoms with van der Waals surface area (Å²) in [7, 11) is 0. The fraction of sp³-hybridized carbons (Fsp3) is 0.929. The van der Waals surface area contributed by atoms with Crippen LogP contribution in [0.4, 0.5) is 0 Å². The Morgan fingerprint density at radius 3 is 2.59 bits per heavy atom. The summed E-state index contributed by atoms with van der Waals surface area (Å²) in [5, 5.41) is 9.06. The van der Waals surface area contributed by atoms with Crippen molar-refractivity contribution in [3.8, 4) is 0 Å². The highest BCUT2D eigenvalue weighted by Crippen LogP contribution is 2.25. The Balaban J connectivity index is 2.32. The maximum absolute atomic E-state index is 11.0. The van der Waals surface area contributed by atoms with Gasteiger partial charge in [0.2, 0.25) is 0 Å². The third kappa shape index (κ3) is 4.30. The highest BCUT2D eigenvalue weighted by atomic mass is 16.4. The van der Waals surface area contributed by atoms with Gasteiger partial charge in [0.25, 0.3) is 0 Å². The lowest BCUT2D eigenvalue weighted by Crippen LogP contribution is -2.41. The molecule has 3 heteroatoms. The zero-order valence-corrected chi connectivity index (χ0v) is 11.7. The second-order valence-electron chi connectivity index (χ2n) is 6.32. The largest absolute Gasteiger partial charge is 0.481 e. The minimum atomic E-state index is -0.683. The van der Waals surface area contributed by atoms with Gasteiger partial charge in [0.15, 0.2) is 0 Å². The van der Waals surface area contributed by atoms with E-state index in [2.05, 4.69) is 18.7 Å². The molecule has 1 N–H and O–H groups in total. The number of carbonyl (C=O) groups is 1. The highest BCUT2D eigenvalue weighted by Gasteiger charge is 2.28. The molecule has 1 saturated heterocycles. The van der Waals surface area contributed by atoms with Crippen LogP contribution in [-0.4, -0.2) is 35.1 Å². The van der Waals surface area contributed by atoms with Crippen LogP contribution in [-0.2, 0) is 4.79 Å². The van der Waals surface area contributed by atoms with Gasteiger partial charge >= 0.3 is 5.97 Å². The molecule has 0 aromatic heterocycles. The molecule has 0 saturated carbocycles. The Hall–Kier alpha value is -0.570. The number of carboxylic acid groups (broad SMARTS) is 1. The molecular formula is C14H27NO2. The summed E-state index contributed by atoms with van der Waals surface area (Å²) in [4.78, 5) is 13.5. The Bertz CT molecular complexity index is 263. The van der Waals surface area contributed by atoms with Gasteiger partial charge in [0, 0.05) is 12.6 Å². The molecule has 0 radical (unpaired) electrons. The van der Waals surface area contributed by atoms with Crippen molar-refractivity contribution >= 4 is 5.97 Å². The molecule has 100 valence electrons.